The third kappa shape index (κ3) is 62.9. The van der Waals surface area contributed by atoms with Crippen LogP contribution < -0.4 is 0 Å². The van der Waals surface area contributed by atoms with Crippen LogP contribution in [0.5, 0.6) is 0 Å². The third-order valence-electron chi connectivity index (χ3n) is 13.1. The van der Waals surface area contributed by atoms with Gasteiger partial charge in [-0.1, -0.05) is 52.3 Å². The molecule has 28 heteroatoms. The zero-order valence-corrected chi connectivity index (χ0v) is 63.4. The Morgan fingerprint density at radius 1 is 0.701 bits per heavy atom. The number of epoxide rings is 5. The molecular formula is C69H124F3NO23S. The van der Waals surface area contributed by atoms with E-state index >= 15 is 0 Å². The fourth-order valence-electron chi connectivity index (χ4n) is 6.45. The molecule has 8 fully saturated rings. The number of likely N-dealkylation sites (N-methyl/N-ethyl adjacent to an activating group) is 1. The molecule has 1 aliphatic carbocycles. The van der Waals surface area contributed by atoms with Gasteiger partial charge in [-0.25, -0.2) is 14.4 Å². The standard InChI is InChI=1S/C8H14O2.C7H14O2.C6H12O2.C5H5F3O2.C5H5NO2.C5H10O2.C5H8O2.C5H10O.C4H8O2.C4H6O2.2C4H8O.2C3H6O.CH4S/c1-9-5-6-2-3-7-8(4-6)10-7;1-3-7(4-8-2)5-9-6-7;1-6(3-7-2)4-8-5-6;1-3(4(9)10-2)5(6,7)8;1-6-4(7)2-3-5(6)8;1-5(3-6-2)4-7-5;1-4(2)5(6)7-3;1-4-5(2,3)6-4;1-5-2-4-3-6-4;1-3-4(5)6-2;2*1-3-4-5-2;1-3-2-4-3;1-3-4-2;1-2/h6-8H,2-5H2,1H3;3-6H2,1-2H3;3-5H2,1-2H3;1H2,2H3;2-3H,1H3;3-4H2,1-2H3;1H2,2-3H3;4H,1-3H3;4H,2-3H2,1H3;3H,1H2,2H3;3-4H,1-2H3;3H,1,4H2,2H3;3H,2H2,1H3;3H,1H2,2H3;2H,1H3/b;;;;;;;;;;4-3+;;;;. The summed E-state index contributed by atoms with van der Waals surface area (Å²) in [4.78, 5) is 52.0. The molecule has 0 bridgehead atoms. The van der Waals surface area contributed by atoms with Crippen LogP contribution in [0.15, 0.2) is 86.9 Å². The molecule has 8 aliphatic heterocycles. The van der Waals surface area contributed by atoms with Crippen LogP contribution in [0.1, 0.15) is 88.0 Å². The van der Waals surface area contributed by atoms with E-state index in [1.807, 2.05) is 19.9 Å². The third-order valence-corrected chi connectivity index (χ3v) is 13.1. The number of allylic oxidation sites excluding steroid dienone is 1. The Hall–Kier alpha value is -5.05. The number of hydrogen-bond acceptors (Lipinski definition) is 24. The highest BCUT2D eigenvalue weighted by molar-refractivity contribution is 7.79. The van der Waals surface area contributed by atoms with E-state index in [0.29, 0.717) is 53.5 Å². The number of amides is 2. The van der Waals surface area contributed by atoms with Gasteiger partial charge < -0.3 is 85.3 Å². The van der Waals surface area contributed by atoms with Gasteiger partial charge in [-0.05, 0) is 86.3 Å². The average Bonchev–Trinajstić information content (AvgIpc) is 1.59. The van der Waals surface area contributed by atoms with Gasteiger partial charge in [-0.2, -0.15) is 25.8 Å². The minimum atomic E-state index is -4.69. The van der Waals surface area contributed by atoms with E-state index in [0.717, 1.165) is 103 Å². The maximum atomic E-state index is 11.5. The molecule has 0 radical (unpaired) electrons. The highest BCUT2D eigenvalue weighted by Gasteiger charge is 2.44. The van der Waals surface area contributed by atoms with Gasteiger partial charge in [0.25, 0.3) is 11.8 Å². The average molecular weight is 1420 g/mol. The Labute approximate surface area is 584 Å². The fraction of sp³-hybridized carbons (Fsp3) is 0.725. The Balaban J connectivity index is -0.000000231. The lowest BCUT2D eigenvalue weighted by atomic mass is 9.84. The highest BCUT2D eigenvalue weighted by Crippen LogP contribution is 2.39. The molecule has 7 saturated heterocycles. The number of carbonyl (C=O) groups excluding carboxylic acids is 5. The molecule has 7 unspecified atom stereocenters. The smallest absolute Gasteiger partial charge is 0.422 e. The van der Waals surface area contributed by atoms with Crippen LogP contribution in [0.2, 0.25) is 0 Å². The van der Waals surface area contributed by atoms with Gasteiger partial charge >= 0.3 is 24.1 Å². The predicted octanol–water partition coefficient (Wildman–Crippen LogP) is 10.2. The molecular weight excluding hydrogens is 1300 g/mol. The van der Waals surface area contributed by atoms with Gasteiger partial charge in [0.15, 0.2) is 0 Å². The maximum absolute atomic E-state index is 11.5. The molecule has 9 aliphatic rings. The number of fused-ring (bicyclic) bond motifs is 1. The molecule has 0 aromatic carbocycles. The molecule has 24 nitrogen and oxygen atoms in total. The first-order valence-electron chi connectivity index (χ1n) is 31.0. The van der Waals surface area contributed by atoms with Crippen molar-refractivity contribution in [1.29, 1.82) is 0 Å². The second kappa shape index (κ2) is 62.0. The number of ether oxygens (including phenoxy) is 18. The Morgan fingerprint density at radius 3 is 1.30 bits per heavy atom. The molecule has 570 valence electrons. The normalized spacial score (nSPS) is 22.3. The van der Waals surface area contributed by atoms with Crippen molar-refractivity contribution in [1.82, 2.24) is 4.90 Å². The second-order valence-corrected chi connectivity index (χ2v) is 22.8. The first-order valence-corrected chi connectivity index (χ1v) is 31.9. The van der Waals surface area contributed by atoms with Crippen molar-refractivity contribution >= 4 is 42.4 Å². The number of carbonyl (C=O) groups is 5. The summed E-state index contributed by atoms with van der Waals surface area (Å²) in [5.74, 6) is -1.90. The van der Waals surface area contributed by atoms with E-state index in [1.54, 1.807) is 82.4 Å². The number of alkyl halides is 3. The minimum absolute atomic E-state index is 0.0781. The second-order valence-electron chi connectivity index (χ2n) is 22.8. The summed E-state index contributed by atoms with van der Waals surface area (Å²) in [6.07, 6.45) is 14.9. The number of methoxy groups -OCH3 is 11. The first-order chi connectivity index (χ1) is 45.6. The highest BCUT2D eigenvalue weighted by atomic mass is 32.1. The number of hydrogen-bond donors (Lipinski definition) is 1. The number of rotatable bonds is 18. The topological polar surface area (TPSA) is 271 Å². The van der Waals surface area contributed by atoms with Gasteiger partial charge in [0.2, 0.25) is 0 Å². The molecule has 0 aromatic heterocycles. The van der Waals surface area contributed by atoms with Gasteiger partial charge in [0.1, 0.15) is 17.3 Å². The minimum Gasteiger partial charge on any atom is -0.505 e. The summed E-state index contributed by atoms with van der Waals surface area (Å²) in [5, 5.41) is 0. The summed E-state index contributed by atoms with van der Waals surface area (Å²) in [5.41, 5.74) is -0.0735. The number of thiol groups is 1. The van der Waals surface area contributed by atoms with Gasteiger partial charge in [-0.3, -0.25) is 14.5 Å². The molecule has 1 saturated carbocycles. The van der Waals surface area contributed by atoms with Crippen molar-refractivity contribution < 1.29 is 122 Å². The summed E-state index contributed by atoms with van der Waals surface area (Å²) >= 11 is 3.53. The lowest BCUT2D eigenvalue weighted by Gasteiger charge is -2.39. The monoisotopic (exact) mass is 1420 g/mol. The number of nitrogens with zero attached hydrogens (tertiary/aromatic N) is 1. The van der Waals surface area contributed by atoms with Crippen LogP contribution in [0.3, 0.4) is 0 Å². The van der Waals surface area contributed by atoms with E-state index in [-0.39, 0.29) is 29.0 Å². The molecule has 0 N–H and O–H groups in total. The van der Waals surface area contributed by atoms with E-state index in [4.69, 9.17) is 56.8 Å². The Bertz CT molecular complexity index is 2120. The maximum Gasteiger partial charge on any atom is 0.422 e. The Morgan fingerprint density at radius 2 is 1.16 bits per heavy atom. The predicted molar refractivity (Wildman–Crippen MR) is 371 cm³/mol. The van der Waals surface area contributed by atoms with E-state index in [9.17, 15) is 37.1 Å². The van der Waals surface area contributed by atoms with E-state index < -0.39 is 23.7 Å². The SMILES string of the molecule is C/C=C/OC.C=C(C(=O)OC)C(F)(F)F.C=C(C)C(=O)OC.C=CC(=O)OC.C=CCOC.C=COC.CC1CO1.CC1OC1(C)C.CCC1(COC)COC1.CN1C(=O)C=CC1=O.COCC1(C)CO1.COCC1(C)COC1.COCC1CCC2OC2C1.COCC1CO1.CS. The van der Waals surface area contributed by atoms with E-state index in [2.05, 4.69) is 115 Å². The fourth-order valence-corrected chi connectivity index (χ4v) is 6.45. The van der Waals surface area contributed by atoms with Crippen LogP contribution in [-0.4, -0.2) is 260 Å². The zero-order chi connectivity index (χ0) is 76.3. The molecule has 8 heterocycles. The molecule has 97 heavy (non-hydrogen) atoms. The van der Waals surface area contributed by atoms with Crippen molar-refractivity contribution in [2.45, 2.75) is 136 Å². The molecule has 9 rings (SSSR count). The quantitative estimate of drug-likeness (QED) is 0.0195. The van der Waals surface area contributed by atoms with Crippen LogP contribution in [0.4, 0.5) is 13.2 Å². The van der Waals surface area contributed by atoms with Crippen molar-refractivity contribution in [2.24, 2.45) is 16.7 Å². The van der Waals surface area contributed by atoms with Crippen LogP contribution >= 0.6 is 12.6 Å². The summed E-state index contributed by atoms with van der Waals surface area (Å²) in [7, 11) is 18.4. The number of halogens is 3. The van der Waals surface area contributed by atoms with Crippen molar-refractivity contribution in [3.05, 3.63) is 86.9 Å². The van der Waals surface area contributed by atoms with Crippen LogP contribution in [0.25, 0.3) is 0 Å². The van der Waals surface area contributed by atoms with Crippen LogP contribution in [-0.2, 0) is 109 Å². The molecule has 0 aromatic rings. The number of esters is 3. The van der Waals surface area contributed by atoms with Crippen molar-refractivity contribution in [3.8, 4) is 0 Å². The number of imide groups is 1. The van der Waals surface area contributed by atoms with Gasteiger partial charge in [-0.15, -0.1) is 6.58 Å². The molecule has 2 amide bonds. The summed E-state index contributed by atoms with van der Waals surface area (Å²) in [6.45, 7) is 44.9. The lowest BCUT2D eigenvalue weighted by Crippen LogP contribution is -2.45. The van der Waals surface area contributed by atoms with Crippen molar-refractivity contribution in [3.63, 3.8) is 0 Å². The lowest BCUT2D eigenvalue weighted by molar-refractivity contribution is -0.148. The van der Waals surface area contributed by atoms with Gasteiger partial charge in [0, 0.05) is 90.9 Å². The summed E-state index contributed by atoms with van der Waals surface area (Å²) < 4.78 is 120. The Kier molecular flexibility index (Phi) is 65.8. The zero-order valence-electron chi connectivity index (χ0n) is 62.5. The van der Waals surface area contributed by atoms with Crippen molar-refractivity contribution in [2.75, 3.05) is 177 Å². The first kappa shape index (κ1) is 103. The molecule has 7 atom stereocenters. The van der Waals surface area contributed by atoms with Crippen LogP contribution in [0, 0.1) is 16.7 Å². The summed E-state index contributed by atoms with van der Waals surface area (Å²) in [6, 6.07) is 0. The largest absolute Gasteiger partial charge is 0.505 e. The molecule has 0 spiro atoms. The van der Waals surface area contributed by atoms with E-state index in [1.165, 1.54) is 65.4 Å². The van der Waals surface area contributed by atoms with Gasteiger partial charge in [0.05, 0.1) is 157 Å².